The van der Waals surface area contributed by atoms with Gasteiger partial charge in [-0.05, 0) is 55.7 Å². The second kappa shape index (κ2) is 7.41. The number of ether oxygens (including phenoxy) is 2. The van der Waals surface area contributed by atoms with E-state index in [1.807, 2.05) is 19.1 Å². The van der Waals surface area contributed by atoms with Crippen molar-refractivity contribution in [3.63, 3.8) is 0 Å². The molecule has 2 aromatic rings. The Labute approximate surface area is 164 Å². The van der Waals surface area contributed by atoms with Crippen molar-refractivity contribution in [1.82, 2.24) is 0 Å². The molecule has 1 unspecified atom stereocenters. The fourth-order valence-electron chi connectivity index (χ4n) is 3.24. The van der Waals surface area contributed by atoms with Crippen LogP contribution in [0.25, 0.3) is 5.57 Å². The topological polar surface area (TPSA) is 78.9 Å². The third-order valence-corrected chi connectivity index (χ3v) is 6.21. The number of aryl methyl sites for hydroxylation is 1. The van der Waals surface area contributed by atoms with Crippen LogP contribution < -0.4 is 4.74 Å². The molecular formula is C21H22O6S. The van der Waals surface area contributed by atoms with Crippen LogP contribution in [-0.2, 0) is 30.3 Å². The highest BCUT2D eigenvalue weighted by Gasteiger charge is 2.46. The Morgan fingerprint density at radius 1 is 1.07 bits per heavy atom. The minimum Gasteiger partial charge on any atom is -0.497 e. The molecule has 0 radical (unpaired) electrons. The third kappa shape index (κ3) is 3.55. The van der Waals surface area contributed by atoms with Crippen LogP contribution in [0.1, 0.15) is 23.6 Å². The van der Waals surface area contributed by atoms with Gasteiger partial charge in [-0.25, -0.2) is 8.98 Å². The van der Waals surface area contributed by atoms with Crippen LogP contribution in [0, 0.1) is 6.92 Å². The minimum atomic E-state index is -4.22. The quantitative estimate of drug-likeness (QED) is 0.545. The average molecular weight is 402 g/mol. The van der Waals surface area contributed by atoms with Gasteiger partial charge in [-0.1, -0.05) is 29.8 Å². The zero-order chi connectivity index (χ0) is 20.5. The lowest BCUT2D eigenvalue weighted by Crippen LogP contribution is -2.42. The van der Waals surface area contributed by atoms with E-state index in [0.717, 1.165) is 11.1 Å². The average Bonchev–Trinajstić information content (AvgIpc) is 3.10. The Morgan fingerprint density at radius 3 is 2.36 bits per heavy atom. The molecule has 2 aromatic carbocycles. The Bertz CT molecular complexity index is 1040. The standard InChI is InChI=1S/C21H22O6S/c1-14-5-10-17(11-6-14)28(23,24)27-21(2,20(22)26-4)19-12-8-15-7-9-16(25-3)13-18(15)19/h5-7,9-13H,8H2,1-4H3. The van der Waals surface area contributed by atoms with Crippen molar-refractivity contribution in [3.8, 4) is 5.75 Å². The molecule has 28 heavy (non-hydrogen) atoms. The normalized spacial score (nSPS) is 15.4. The molecule has 0 aliphatic heterocycles. The Kier molecular flexibility index (Phi) is 5.32. The number of methoxy groups -OCH3 is 2. The lowest BCUT2D eigenvalue weighted by Gasteiger charge is -2.28. The van der Waals surface area contributed by atoms with Crippen LogP contribution in [0.2, 0.25) is 0 Å². The third-order valence-electron chi connectivity index (χ3n) is 4.81. The highest BCUT2D eigenvalue weighted by Crippen LogP contribution is 2.41. The van der Waals surface area contributed by atoms with E-state index in [2.05, 4.69) is 0 Å². The minimum absolute atomic E-state index is 0.0299. The summed E-state index contributed by atoms with van der Waals surface area (Å²) in [6.07, 6.45) is 2.33. The van der Waals surface area contributed by atoms with E-state index in [4.69, 9.17) is 13.7 Å². The van der Waals surface area contributed by atoms with E-state index in [1.165, 1.54) is 33.3 Å². The van der Waals surface area contributed by atoms with Crippen LogP contribution in [0.15, 0.2) is 53.4 Å². The summed E-state index contributed by atoms with van der Waals surface area (Å²) in [4.78, 5) is 12.6. The summed E-state index contributed by atoms with van der Waals surface area (Å²) < 4.78 is 41.5. The number of allylic oxidation sites excluding steroid dienone is 1. The fraction of sp³-hybridized carbons (Fsp3) is 0.286. The highest BCUT2D eigenvalue weighted by molar-refractivity contribution is 7.86. The van der Waals surface area contributed by atoms with Gasteiger partial charge >= 0.3 is 5.97 Å². The summed E-state index contributed by atoms with van der Waals surface area (Å²) >= 11 is 0. The van der Waals surface area contributed by atoms with Gasteiger partial charge in [0.1, 0.15) is 5.75 Å². The Balaban J connectivity index is 2.06. The number of rotatable bonds is 6. The number of fused-ring (bicyclic) bond motifs is 1. The smallest absolute Gasteiger partial charge is 0.344 e. The van der Waals surface area contributed by atoms with E-state index in [-0.39, 0.29) is 4.90 Å². The Hall–Kier alpha value is -2.64. The zero-order valence-corrected chi connectivity index (χ0v) is 17.0. The van der Waals surface area contributed by atoms with E-state index in [1.54, 1.807) is 24.3 Å². The number of hydrogen-bond acceptors (Lipinski definition) is 6. The van der Waals surface area contributed by atoms with Crippen molar-refractivity contribution >= 4 is 21.7 Å². The summed E-state index contributed by atoms with van der Waals surface area (Å²) in [5.74, 6) is -0.203. The van der Waals surface area contributed by atoms with E-state index in [0.29, 0.717) is 23.3 Å². The van der Waals surface area contributed by atoms with E-state index in [9.17, 15) is 13.2 Å². The van der Waals surface area contributed by atoms with Gasteiger partial charge in [-0.15, -0.1) is 0 Å². The molecule has 6 nitrogen and oxygen atoms in total. The van der Waals surface area contributed by atoms with E-state index < -0.39 is 21.7 Å². The second-order valence-corrected chi connectivity index (χ2v) is 8.27. The molecule has 0 aromatic heterocycles. The molecule has 7 heteroatoms. The van der Waals surface area contributed by atoms with Gasteiger partial charge in [-0.2, -0.15) is 8.42 Å². The van der Waals surface area contributed by atoms with Crippen LogP contribution >= 0.6 is 0 Å². The first kappa shape index (κ1) is 20.1. The lowest BCUT2D eigenvalue weighted by atomic mass is 9.91. The zero-order valence-electron chi connectivity index (χ0n) is 16.2. The van der Waals surface area contributed by atoms with Gasteiger partial charge in [0.05, 0.1) is 19.1 Å². The first-order valence-electron chi connectivity index (χ1n) is 8.70. The molecule has 1 atom stereocenters. The van der Waals surface area contributed by atoms with Crippen molar-refractivity contribution in [3.05, 3.63) is 65.2 Å². The predicted molar refractivity (Wildman–Crippen MR) is 105 cm³/mol. The number of carbonyl (C=O) groups excluding carboxylic acids is 1. The molecule has 0 heterocycles. The van der Waals surface area contributed by atoms with Gasteiger partial charge in [0.2, 0.25) is 5.60 Å². The number of benzene rings is 2. The van der Waals surface area contributed by atoms with Crippen molar-refractivity contribution in [1.29, 1.82) is 0 Å². The maximum Gasteiger partial charge on any atom is 0.344 e. The van der Waals surface area contributed by atoms with Crippen molar-refractivity contribution in [2.45, 2.75) is 30.8 Å². The SMILES string of the molecule is COC(=O)C(C)(OS(=O)(=O)c1ccc(C)cc1)C1=CCc2ccc(OC)cc21. The van der Waals surface area contributed by atoms with Crippen LogP contribution in [0.5, 0.6) is 5.75 Å². The monoisotopic (exact) mass is 402 g/mol. The molecular weight excluding hydrogens is 380 g/mol. The second-order valence-electron chi connectivity index (χ2n) is 6.72. The van der Waals surface area contributed by atoms with Crippen molar-refractivity contribution in [2.75, 3.05) is 14.2 Å². The van der Waals surface area contributed by atoms with Crippen LogP contribution in [0.3, 0.4) is 0 Å². The maximum absolute atomic E-state index is 12.9. The summed E-state index contributed by atoms with van der Waals surface area (Å²) in [5, 5.41) is 0. The maximum atomic E-state index is 12.9. The van der Waals surface area contributed by atoms with Gasteiger partial charge in [0, 0.05) is 5.57 Å². The molecule has 0 saturated heterocycles. The molecule has 1 aliphatic carbocycles. The van der Waals surface area contributed by atoms with Gasteiger partial charge in [0.25, 0.3) is 10.1 Å². The van der Waals surface area contributed by atoms with Crippen molar-refractivity contribution < 1.29 is 26.9 Å². The lowest BCUT2D eigenvalue weighted by molar-refractivity contribution is -0.152. The molecule has 0 N–H and O–H groups in total. The molecule has 0 bridgehead atoms. The molecule has 0 fully saturated rings. The molecule has 0 saturated carbocycles. The van der Waals surface area contributed by atoms with Gasteiger partial charge in [-0.3, -0.25) is 0 Å². The molecule has 148 valence electrons. The molecule has 0 spiro atoms. The summed E-state index contributed by atoms with van der Waals surface area (Å²) in [5.41, 5.74) is 1.16. The highest BCUT2D eigenvalue weighted by atomic mass is 32.2. The number of carbonyl (C=O) groups is 1. The summed E-state index contributed by atoms with van der Waals surface area (Å²) in [6, 6.07) is 11.7. The number of esters is 1. The van der Waals surface area contributed by atoms with Crippen molar-refractivity contribution in [2.24, 2.45) is 0 Å². The first-order chi connectivity index (χ1) is 13.2. The summed E-state index contributed by atoms with van der Waals surface area (Å²) in [6.45, 7) is 3.26. The fourth-order valence-corrected chi connectivity index (χ4v) is 4.40. The molecule has 3 rings (SSSR count). The van der Waals surface area contributed by atoms with Gasteiger partial charge in [0.15, 0.2) is 0 Å². The van der Waals surface area contributed by atoms with Crippen LogP contribution in [-0.4, -0.2) is 34.2 Å². The molecule has 0 amide bonds. The van der Waals surface area contributed by atoms with E-state index >= 15 is 0 Å². The Morgan fingerprint density at radius 2 is 1.75 bits per heavy atom. The summed E-state index contributed by atoms with van der Waals surface area (Å²) in [7, 11) is -1.48. The first-order valence-corrected chi connectivity index (χ1v) is 10.1. The predicted octanol–water partition coefficient (Wildman–Crippen LogP) is 3.28. The largest absolute Gasteiger partial charge is 0.497 e. The molecule has 1 aliphatic rings. The number of hydrogen-bond donors (Lipinski definition) is 0. The van der Waals surface area contributed by atoms with Gasteiger partial charge < -0.3 is 9.47 Å². The van der Waals surface area contributed by atoms with Crippen LogP contribution in [0.4, 0.5) is 0 Å².